The Morgan fingerprint density at radius 3 is 1.90 bits per heavy atom. The zero-order valence-electron chi connectivity index (χ0n) is 21.8. The van der Waals surface area contributed by atoms with Crippen molar-refractivity contribution in [3.8, 4) is 0 Å². The van der Waals surface area contributed by atoms with Crippen LogP contribution in [0.3, 0.4) is 0 Å². The molecule has 0 spiro atoms. The third kappa shape index (κ3) is 5.66. The molecule has 2 saturated heterocycles. The lowest BCUT2D eigenvalue weighted by molar-refractivity contribution is -0.384. The summed E-state index contributed by atoms with van der Waals surface area (Å²) in [5.74, 6) is -9.87. The van der Waals surface area contributed by atoms with Crippen molar-refractivity contribution < 1.29 is 35.7 Å². The van der Waals surface area contributed by atoms with Gasteiger partial charge < -0.3 is 9.80 Å². The van der Waals surface area contributed by atoms with Crippen molar-refractivity contribution >= 4 is 29.0 Å². The molecular weight excluding hydrogens is 547 g/mol. The number of hydrazone groups is 1. The quantitative estimate of drug-likeness (QED) is 0.128. The van der Waals surface area contributed by atoms with Gasteiger partial charge in [0.1, 0.15) is 16.9 Å². The van der Waals surface area contributed by atoms with Gasteiger partial charge in [-0.25, -0.2) is 17.6 Å². The summed E-state index contributed by atoms with van der Waals surface area (Å²) < 4.78 is 95.4. The molecule has 0 aromatic heterocycles. The van der Waals surface area contributed by atoms with E-state index in [0.29, 0.717) is 24.5 Å². The van der Waals surface area contributed by atoms with E-state index in [1.54, 1.807) is 11.5 Å². The van der Waals surface area contributed by atoms with Gasteiger partial charge in [0, 0.05) is 42.5 Å². The van der Waals surface area contributed by atoms with Gasteiger partial charge in [-0.05, 0) is 58.4 Å². The summed E-state index contributed by atoms with van der Waals surface area (Å²) in [5.41, 5.74) is -1.61. The minimum Gasteiger partial charge on any atom is -0.368 e. The molecule has 2 heterocycles. The smallest absolute Gasteiger partial charge is 0.368 e. The molecule has 0 bridgehead atoms. The molecule has 0 amide bonds. The van der Waals surface area contributed by atoms with Gasteiger partial charge in [0.15, 0.2) is 23.3 Å². The molecule has 2 aromatic carbocycles. The number of benzene rings is 2. The molecule has 7 nitrogen and oxygen atoms in total. The number of piperidine rings is 2. The van der Waals surface area contributed by atoms with Gasteiger partial charge in [0.2, 0.25) is 0 Å². The van der Waals surface area contributed by atoms with Crippen LogP contribution in [-0.4, -0.2) is 36.3 Å². The monoisotopic (exact) mass is 575 g/mol. The van der Waals surface area contributed by atoms with Crippen molar-refractivity contribution in [3.63, 3.8) is 0 Å². The maximum atomic E-state index is 14.3. The number of nitro groups is 1. The molecule has 2 aromatic rings. The summed E-state index contributed by atoms with van der Waals surface area (Å²) >= 11 is 0. The molecule has 1 N–H and O–H groups in total. The summed E-state index contributed by atoms with van der Waals surface area (Å²) in [4.78, 5) is 15.5. The molecule has 2 aliphatic rings. The second-order valence-corrected chi connectivity index (χ2v) is 10.1. The first kappa shape index (κ1) is 29.4. The first-order chi connectivity index (χ1) is 18.8. The molecule has 0 aliphatic carbocycles. The Hall–Kier alpha value is -3.58. The minimum atomic E-state index is -5.68. The van der Waals surface area contributed by atoms with E-state index in [9.17, 15) is 40.8 Å². The highest BCUT2D eigenvalue weighted by Crippen LogP contribution is 2.41. The zero-order valence-corrected chi connectivity index (χ0v) is 21.8. The molecular formula is C26H28F7N5O2. The standard InChI is InChI=1S/C26H28F7N5O2/c1-14-7-3-5-9-36(14)17-12-18(37-10-6-4-8-15(37)2)19(38(39)40)11-16(17)13-34-35-25-23(29)21(27)20(26(31,32)33)22(28)24(25)30/h11-15,35H,3-10H2,1-2H3/b34-13-/t14-,15+/m1/s1. The van der Waals surface area contributed by atoms with Crippen LogP contribution in [0.1, 0.15) is 63.5 Å². The Bertz CT molecular complexity index is 1290. The average molecular weight is 576 g/mol. The Labute approximate surface area is 225 Å². The van der Waals surface area contributed by atoms with Crippen LogP contribution in [0.15, 0.2) is 17.2 Å². The summed E-state index contributed by atoms with van der Waals surface area (Å²) in [6, 6.07) is 3.05. The topological polar surface area (TPSA) is 74.0 Å². The lowest BCUT2D eigenvalue weighted by Gasteiger charge is -2.39. The molecule has 14 heteroatoms. The van der Waals surface area contributed by atoms with Crippen LogP contribution < -0.4 is 15.2 Å². The summed E-state index contributed by atoms with van der Waals surface area (Å²) in [7, 11) is 0. The summed E-state index contributed by atoms with van der Waals surface area (Å²) in [6.45, 7) is 5.22. The molecule has 2 aliphatic heterocycles. The van der Waals surface area contributed by atoms with Gasteiger partial charge >= 0.3 is 6.18 Å². The molecule has 0 unspecified atom stereocenters. The van der Waals surface area contributed by atoms with E-state index >= 15 is 0 Å². The lowest BCUT2D eigenvalue weighted by Crippen LogP contribution is -2.40. The number of hydrogen-bond donors (Lipinski definition) is 1. The zero-order chi connectivity index (χ0) is 29.4. The maximum absolute atomic E-state index is 14.3. The number of alkyl halides is 3. The van der Waals surface area contributed by atoms with Crippen molar-refractivity contribution in [1.29, 1.82) is 0 Å². The molecule has 40 heavy (non-hydrogen) atoms. The Balaban J connectivity index is 1.79. The predicted octanol–water partition coefficient (Wildman–Crippen LogP) is 7.37. The normalized spacial score (nSPS) is 20.3. The van der Waals surface area contributed by atoms with Crippen molar-refractivity contribution in [2.24, 2.45) is 5.10 Å². The minimum absolute atomic E-state index is 0.0509. The van der Waals surface area contributed by atoms with Crippen LogP contribution in [-0.2, 0) is 6.18 Å². The van der Waals surface area contributed by atoms with Crippen LogP contribution in [0.2, 0.25) is 0 Å². The number of nitro benzene ring substituents is 1. The van der Waals surface area contributed by atoms with E-state index in [2.05, 4.69) is 5.10 Å². The predicted molar refractivity (Wildman–Crippen MR) is 137 cm³/mol. The van der Waals surface area contributed by atoms with Crippen molar-refractivity contribution in [1.82, 2.24) is 0 Å². The Kier molecular flexibility index (Phi) is 8.45. The fraction of sp³-hybridized carbons (Fsp3) is 0.500. The van der Waals surface area contributed by atoms with Crippen LogP contribution >= 0.6 is 0 Å². The SMILES string of the molecule is C[C@@H]1CCCCN1c1cc(N2CCCC[C@@H]2C)c([N+](=O)[O-])cc1/C=N\Nc1c(F)c(F)c(C(F)(F)F)c(F)c1F. The summed E-state index contributed by atoms with van der Waals surface area (Å²) in [6.07, 6.45) is 0.710. The van der Waals surface area contributed by atoms with Gasteiger partial charge in [-0.1, -0.05) is 0 Å². The number of anilines is 3. The van der Waals surface area contributed by atoms with Gasteiger partial charge in [-0.3, -0.25) is 15.5 Å². The average Bonchev–Trinajstić information content (AvgIpc) is 2.89. The first-order valence-corrected chi connectivity index (χ1v) is 12.9. The van der Waals surface area contributed by atoms with Crippen molar-refractivity contribution in [3.05, 3.63) is 56.6 Å². The summed E-state index contributed by atoms with van der Waals surface area (Å²) in [5, 5.41) is 15.7. The van der Waals surface area contributed by atoms with Gasteiger partial charge in [0.25, 0.3) is 5.69 Å². The van der Waals surface area contributed by atoms with Gasteiger partial charge in [-0.2, -0.15) is 18.3 Å². The lowest BCUT2D eigenvalue weighted by atomic mass is 9.98. The third-order valence-electron chi connectivity index (χ3n) is 7.47. The van der Waals surface area contributed by atoms with E-state index in [4.69, 9.17) is 0 Å². The number of rotatable bonds is 6. The molecule has 2 fully saturated rings. The van der Waals surface area contributed by atoms with Crippen molar-refractivity contribution in [2.75, 3.05) is 28.3 Å². The van der Waals surface area contributed by atoms with Crippen LogP contribution in [0, 0.1) is 33.4 Å². The molecule has 2 atom stereocenters. The highest BCUT2D eigenvalue weighted by Gasteiger charge is 2.42. The molecule has 0 radical (unpaired) electrons. The van der Waals surface area contributed by atoms with E-state index in [-0.39, 0.29) is 23.3 Å². The van der Waals surface area contributed by atoms with Crippen LogP contribution in [0.4, 0.5) is 53.5 Å². The van der Waals surface area contributed by atoms with E-state index in [0.717, 1.165) is 44.7 Å². The fourth-order valence-electron chi connectivity index (χ4n) is 5.37. The van der Waals surface area contributed by atoms with E-state index < -0.39 is 45.6 Å². The van der Waals surface area contributed by atoms with Gasteiger partial charge in [-0.15, -0.1) is 0 Å². The number of halogens is 7. The third-order valence-corrected chi connectivity index (χ3v) is 7.47. The molecule has 4 rings (SSSR count). The second-order valence-electron chi connectivity index (χ2n) is 10.1. The van der Waals surface area contributed by atoms with Crippen molar-refractivity contribution in [2.45, 2.75) is 70.6 Å². The van der Waals surface area contributed by atoms with E-state index in [1.165, 1.54) is 6.07 Å². The van der Waals surface area contributed by atoms with E-state index in [1.807, 2.05) is 23.6 Å². The Morgan fingerprint density at radius 1 is 0.900 bits per heavy atom. The van der Waals surface area contributed by atoms with Gasteiger partial charge in [0.05, 0.1) is 11.1 Å². The van der Waals surface area contributed by atoms with Crippen LogP contribution in [0.5, 0.6) is 0 Å². The highest BCUT2D eigenvalue weighted by atomic mass is 19.4. The van der Waals surface area contributed by atoms with Crippen LogP contribution in [0.25, 0.3) is 0 Å². The molecule has 0 saturated carbocycles. The second kappa shape index (κ2) is 11.5. The first-order valence-electron chi connectivity index (χ1n) is 12.9. The maximum Gasteiger partial charge on any atom is 0.422 e. The largest absolute Gasteiger partial charge is 0.422 e. The number of nitrogens with one attached hydrogen (secondary N) is 1. The number of nitrogens with zero attached hydrogens (tertiary/aromatic N) is 4. The fourth-order valence-corrected chi connectivity index (χ4v) is 5.37. The number of hydrogen-bond acceptors (Lipinski definition) is 6. The Morgan fingerprint density at radius 2 is 1.43 bits per heavy atom. The highest BCUT2D eigenvalue weighted by molar-refractivity contribution is 5.92. The molecule has 218 valence electrons.